The second-order valence-corrected chi connectivity index (χ2v) is 9.64. The van der Waals surface area contributed by atoms with Gasteiger partial charge >= 0.3 is 23.9 Å². The summed E-state index contributed by atoms with van der Waals surface area (Å²) in [5.41, 5.74) is 0. The molecule has 0 heterocycles. The van der Waals surface area contributed by atoms with Crippen molar-refractivity contribution in [2.75, 3.05) is 32.8 Å². The van der Waals surface area contributed by atoms with Crippen LogP contribution in [0, 0.1) is 5.92 Å². The molecule has 10 heteroatoms. The van der Waals surface area contributed by atoms with E-state index in [1.54, 1.807) is 13.8 Å². The number of esters is 4. The van der Waals surface area contributed by atoms with E-state index in [-0.39, 0.29) is 37.8 Å². The van der Waals surface area contributed by atoms with Gasteiger partial charge in [0.2, 0.25) is 0 Å². The second kappa shape index (κ2) is 21.1. The molecule has 10 nitrogen and oxygen atoms in total. The van der Waals surface area contributed by atoms with Crippen LogP contribution in [0.1, 0.15) is 73.6 Å². The number of nitrogens with zero attached hydrogens (tertiary/aromatic N) is 1. The normalized spacial score (nSPS) is 14.8. The number of carbonyl (C=O) groups excluding carboxylic acids is 4. The molecule has 0 aromatic carbocycles. The van der Waals surface area contributed by atoms with Crippen LogP contribution >= 0.6 is 0 Å². The van der Waals surface area contributed by atoms with Gasteiger partial charge < -0.3 is 28.6 Å². The molecule has 0 radical (unpaired) electrons. The highest BCUT2D eigenvalue weighted by Crippen LogP contribution is 2.16. The molecule has 0 fully saturated rings. The van der Waals surface area contributed by atoms with Crippen molar-refractivity contribution in [1.29, 1.82) is 0 Å². The van der Waals surface area contributed by atoms with Gasteiger partial charge in [-0.25, -0.2) is 9.59 Å². The molecule has 0 aromatic heterocycles. The average Bonchev–Trinajstić information content (AvgIpc) is 2.88. The lowest BCUT2D eigenvalue weighted by atomic mass is 10.0. The Labute approximate surface area is 234 Å². The van der Waals surface area contributed by atoms with Crippen molar-refractivity contribution in [3.05, 3.63) is 25.3 Å². The SMILES string of the molecule is C=CC(=O)OC(C)CCCC(C)OC(=O)C(CCC(=O)OC(C)COCC(C)OC(=O)C=C)CN(CC)CC. The van der Waals surface area contributed by atoms with Crippen molar-refractivity contribution in [3.63, 3.8) is 0 Å². The predicted octanol–water partition coefficient (Wildman–Crippen LogP) is 4.01. The lowest BCUT2D eigenvalue weighted by Crippen LogP contribution is -2.35. The van der Waals surface area contributed by atoms with Crippen LogP contribution in [0.4, 0.5) is 0 Å². The first-order valence-electron chi connectivity index (χ1n) is 13.8. The third-order valence-electron chi connectivity index (χ3n) is 5.95. The molecule has 0 aliphatic heterocycles. The van der Waals surface area contributed by atoms with Crippen LogP contribution < -0.4 is 0 Å². The van der Waals surface area contributed by atoms with Crippen molar-refractivity contribution >= 4 is 23.9 Å². The summed E-state index contributed by atoms with van der Waals surface area (Å²) < 4.78 is 26.8. The molecule has 0 N–H and O–H groups in total. The molecular formula is C29H49NO9. The average molecular weight is 556 g/mol. The van der Waals surface area contributed by atoms with Crippen molar-refractivity contribution in [3.8, 4) is 0 Å². The lowest BCUT2D eigenvalue weighted by Gasteiger charge is -2.25. The Hall–Kier alpha value is -2.72. The molecule has 0 saturated heterocycles. The largest absolute Gasteiger partial charge is 0.462 e. The Morgan fingerprint density at radius 2 is 1.21 bits per heavy atom. The molecule has 0 aliphatic carbocycles. The fourth-order valence-corrected chi connectivity index (χ4v) is 3.72. The lowest BCUT2D eigenvalue weighted by molar-refractivity contribution is -0.156. The van der Waals surface area contributed by atoms with Gasteiger partial charge in [0.15, 0.2) is 0 Å². The summed E-state index contributed by atoms with van der Waals surface area (Å²) in [6.45, 7) is 20.2. The summed E-state index contributed by atoms with van der Waals surface area (Å²) in [6, 6.07) is 0. The summed E-state index contributed by atoms with van der Waals surface area (Å²) in [5.74, 6) is -2.22. The predicted molar refractivity (Wildman–Crippen MR) is 148 cm³/mol. The number of hydrogen-bond acceptors (Lipinski definition) is 10. The van der Waals surface area contributed by atoms with Crippen LogP contribution in [0.15, 0.2) is 25.3 Å². The zero-order valence-electron chi connectivity index (χ0n) is 24.6. The van der Waals surface area contributed by atoms with Gasteiger partial charge in [0.05, 0.1) is 31.3 Å². The van der Waals surface area contributed by atoms with E-state index in [0.29, 0.717) is 25.8 Å². The van der Waals surface area contributed by atoms with E-state index in [9.17, 15) is 19.2 Å². The van der Waals surface area contributed by atoms with E-state index in [1.165, 1.54) is 0 Å². The van der Waals surface area contributed by atoms with Gasteiger partial charge in [-0.2, -0.15) is 0 Å². The number of rotatable bonds is 22. The highest BCUT2D eigenvalue weighted by atomic mass is 16.6. The third-order valence-corrected chi connectivity index (χ3v) is 5.95. The summed E-state index contributed by atoms with van der Waals surface area (Å²) in [7, 11) is 0. The van der Waals surface area contributed by atoms with E-state index >= 15 is 0 Å². The Morgan fingerprint density at radius 1 is 0.718 bits per heavy atom. The standard InChI is InChI=1S/C29H49NO9/c1-9-26(31)36-21(5)14-13-15-22(6)39-29(34)25(18-30(11-3)12-4)16-17-28(33)38-24(8)20-35-19-23(7)37-27(32)10-2/h9-10,21-25H,1-2,11-20H2,3-8H3. The minimum atomic E-state index is -0.529. The van der Waals surface area contributed by atoms with Crippen LogP contribution in [0.5, 0.6) is 0 Å². The van der Waals surface area contributed by atoms with Crippen molar-refractivity contribution in [2.45, 2.75) is 98.1 Å². The maximum absolute atomic E-state index is 13.0. The molecule has 0 saturated carbocycles. The van der Waals surface area contributed by atoms with E-state index in [0.717, 1.165) is 31.7 Å². The van der Waals surface area contributed by atoms with Gasteiger partial charge in [0.25, 0.3) is 0 Å². The highest BCUT2D eigenvalue weighted by Gasteiger charge is 2.26. The summed E-state index contributed by atoms with van der Waals surface area (Å²) in [5, 5.41) is 0. The van der Waals surface area contributed by atoms with E-state index in [2.05, 4.69) is 18.1 Å². The molecule has 0 aliphatic rings. The molecule has 0 rings (SSSR count). The van der Waals surface area contributed by atoms with Crippen LogP contribution in [-0.2, 0) is 42.9 Å². The van der Waals surface area contributed by atoms with Crippen LogP contribution in [0.25, 0.3) is 0 Å². The monoisotopic (exact) mass is 555 g/mol. The van der Waals surface area contributed by atoms with Gasteiger partial charge in [0.1, 0.15) is 12.2 Å². The number of hydrogen-bond donors (Lipinski definition) is 0. The van der Waals surface area contributed by atoms with Gasteiger partial charge in [-0.1, -0.05) is 27.0 Å². The Kier molecular flexibility index (Phi) is 19.7. The van der Waals surface area contributed by atoms with Crippen molar-refractivity contribution < 1.29 is 42.9 Å². The second-order valence-electron chi connectivity index (χ2n) is 9.64. The molecule has 0 amide bonds. The first-order chi connectivity index (χ1) is 18.4. The van der Waals surface area contributed by atoms with Gasteiger partial charge in [-0.3, -0.25) is 9.59 Å². The Morgan fingerprint density at radius 3 is 1.72 bits per heavy atom. The zero-order chi connectivity index (χ0) is 29.8. The number of ether oxygens (including phenoxy) is 5. The summed E-state index contributed by atoms with van der Waals surface area (Å²) >= 11 is 0. The van der Waals surface area contributed by atoms with Crippen molar-refractivity contribution in [1.82, 2.24) is 4.90 Å². The van der Waals surface area contributed by atoms with E-state index < -0.39 is 36.0 Å². The summed E-state index contributed by atoms with van der Waals surface area (Å²) in [6.07, 6.45) is 3.08. The Balaban J connectivity index is 4.69. The van der Waals surface area contributed by atoms with Crippen LogP contribution in [-0.4, -0.2) is 86.0 Å². The molecule has 5 atom stereocenters. The number of carbonyl (C=O) groups is 4. The minimum Gasteiger partial charge on any atom is -0.462 e. The molecule has 0 bridgehead atoms. The van der Waals surface area contributed by atoms with Gasteiger partial charge in [0, 0.05) is 25.1 Å². The molecular weight excluding hydrogens is 506 g/mol. The maximum Gasteiger partial charge on any atom is 0.330 e. The van der Waals surface area contributed by atoms with Crippen molar-refractivity contribution in [2.24, 2.45) is 5.92 Å². The fraction of sp³-hybridized carbons (Fsp3) is 0.724. The molecule has 224 valence electrons. The molecule has 0 spiro atoms. The fourth-order valence-electron chi connectivity index (χ4n) is 3.72. The minimum absolute atomic E-state index is 0.0687. The van der Waals surface area contributed by atoms with Gasteiger partial charge in [-0.15, -0.1) is 0 Å². The maximum atomic E-state index is 13.0. The van der Waals surface area contributed by atoms with E-state index in [4.69, 9.17) is 23.7 Å². The first-order valence-corrected chi connectivity index (χ1v) is 13.8. The molecule has 39 heavy (non-hydrogen) atoms. The summed E-state index contributed by atoms with van der Waals surface area (Å²) in [4.78, 5) is 50.0. The van der Waals surface area contributed by atoms with Gasteiger partial charge in [-0.05, 0) is 66.5 Å². The molecule has 5 unspecified atom stereocenters. The molecule has 0 aromatic rings. The van der Waals surface area contributed by atoms with Crippen LogP contribution in [0.2, 0.25) is 0 Å². The third kappa shape index (κ3) is 18.2. The quantitative estimate of drug-likeness (QED) is 0.110. The Bertz CT molecular complexity index is 766. The van der Waals surface area contributed by atoms with Crippen LogP contribution in [0.3, 0.4) is 0 Å². The smallest absolute Gasteiger partial charge is 0.330 e. The topological polar surface area (TPSA) is 118 Å². The zero-order valence-corrected chi connectivity index (χ0v) is 24.6. The highest BCUT2D eigenvalue weighted by molar-refractivity contribution is 5.81. The first kappa shape index (κ1) is 36.3. The van der Waals surface area contributed by atoms with E-state index in [1.807, 2.05) is 27.7 Å².